The molecule has 1 saturated carbocycles. The molecule has 0 aromatic rings. The first-order valence-electron chi connectivity index (χ1n) is 5.58. The summed E-state index contributed by atoms with van der Waals surface area (Å²) in [6.45, 7) is 4.71. The van der Waals surface area contributed by atoms with Crippen LogP contribution in [0.4, 0.5) is 0 Å². The second kappa shape index (κ2) is 5.61. The molecule has 0 spiro atoms. The zero-order valence-electron chi connectivity index (χ0n) is 9.34. The zero-order valence-corrected chi connectivity index (χ0v) is 9.34. The fraction of sp³-hybridized carbons (Fsp3) is 1.00. The molecule has 1 unspecified atom stereocenters. The lowest BCUT2D eigenvalue weighted by molar-refractivity contribution is 0.239. The average molecular weight is 184 g/mol. The smallest absolute Gasteiger partial charge is 0.00670 e. The van der Waals surface area contributed by atoms with E-state index >= 15 is 0 Å². The van der Waals surface area contributed by atoms with Crippen LogP contribution in [0.1, 0.15) is 32.6 Å². The van der Waals surface area contributed by atoms with E-state index in [1.54, 1.807) is 0 Å². The summed E-state index contributed by atoms with van der Waals surface area (Å²) in [6, 6.07) is 0.746. The first-order valence-corrected chi connectivity index (χ1v) is 5.58. The Kier molecular flexibility index (Phi) is 4.74. The minimum atomic E-state index is 0.746. The first-order chi connectivity index (χ1) is 6.20. The Morgan fingerprint density at radius 1 is 1.38 bits per heavy atom. The molecular formula is C11H24N2. The van der Waals surface area contributed by atoms with Gasteiger partial charge in [-0.1, -0.05) is 6.42 Å². The van der Waals surface area contributed by atoms with Gasteiger partial charge < -0.3 is 10.2 Å². The second-order valence-corrected chi connectivity index (χ2v) is 4.59. The van der Waals surface area contributed by atoms with Crippen LogP contribution in [-0.4, -0.2) is 38.1 Å². The molecule has 1 N–H and O–H groups in total. The quantitative estimate of drug-likeness (QED) is 0.632. The maximum atomic E-state index is 3.61. The number of hydrogen-bond donors (Lipinski definition) is 1. The fourth-order valence-electron chi connectivity index (χ4n) is 1.83. The maximum absolute atomic E-state index is 3.61. The summed E-state index contributed by atoms with van der Waals surface area (Å²) < 4.78 is 0. The van der Waals surface area contributed by atoms with Crippen molar-refractivity contribution in [3.05, 3.63) is 0 Å². The Labute approximate surface area is 82.7 Å². The normalized spacial score (nSPS) is 20.3. The third kappa shape index (κ3) is 4.10. The van der Waals surface area contributed by atoms with Crippen molar-refractivity contribution in [1.29, 1.82) is 0 Å². The molecular weight excluding hydrogens is 160 g/mol. The van der Waals surface area contributed by atoms with Gasteiger partial charge in [0.15, 0.2) is 0 Å². The SMILES string of the molecule is CC(NCCCN(C)C)C1CCC1. The van der Waals surface area contributed by atoms with Gasteiger partial charge in [0.25, 0.3) is 0 Å². The van der Waals surface area contributed by atoms with Gasteiger partial charge in [-0.2, -0.15) is 0 Å². The van der Waals surface area contributed by atoms with Gasteiger partial charge in [0.05, 0.1) is 0 Å². The monoisotopic (exact) mass is 184 g/mol. The fourth-order valence-corrected chi connectivity index (χ4v) is 1.83. The van der Waals surface area contributed by atoms with Gasteiger partial charge in [-0.05, 0) is 59.3 Å². The average Bonchev–Trinajstić information content (AvgIpc) is 1.94. The molecule has 0 saturated heterocycles. The van der Waals surface area contributed by atoms with Gasteiger partial charge in [-0.25, -0.2) is 0 Å². The Bertz CT molecular complexity index is 130. The lowest BCUT2D eigenvalue weighted by Gasteiger charge is -2.32. The van der Waals surface area contributed by atoms with Crippen molar-refractivity contribution < 1.29 is 0 Å². The number of hydrogen-bond acceptors (Lipinski definition) is 2. The minimum Gasteiger partial charge on any atom is -0.314 e. The summed E-state index contributed by atoms with van der Waals surface area (Å²) in [5.41, 5.74) is 0. The van der Waals surface area contributed by atoms with E-state index in [1.807, 2.05) is 0 Å². The third-order valence-corrected chi connectivity index (χ3v) is 3.11. The summed E-state index contributed by atoms with van der Waals surface area (Å²) >= 11 is 0. The third-order valence-electron chi connectivity index (χ3n) is 3.11. The Hall–Kier alpha value is -0.0800. The van der Waals surface area contributed by atoms with E-state index in [0.717, 1.165) is 12.0 Å². The van der Waals surface area contributed by atoms with Crippen LogP contribution in [0.3, 0.4) is 0 Å². The molecule has 0 aromatic carbocycles. The highest BCUT2D eigenvalue weighted by Crippen LogP contribution is 2.29. The number of rotatable bonds is 6. The minimum absolute atomic E-state index is 0.746. The molecule has 0 radical (unpaired) electrons. The van der Waals surface area contributed by atoms with Gasteiger partial charge in [-0.3, -0.25) is 0 Å². The van der Waals surface area contributed by atoms with Crippen LogP contribution in [0, 0.1) is 5.92 Å². The molecule has 1 aliphatic rings. The molecule has 2 heteroatoms. The molecule has 1 fully saturated rings. The second-order valence-electron chi connectivity index (χ2n) is 4.59. The topological polar surface area (TPSA) is 15.3 Å². The van der Waals surface area contributed by atoms with Gasteiger partial charge >= 0.3 is 0 Å². The van der Waals surface area contributed by atoms with E-state index in [1.165, 1.54) is 38.8 Å². The molecule has 13 heavy (non-hydrogen) atoms. The van der Waals surface area contributed by atoms with Gasteiger partial charge in [-0.15, -0.1) is 0 Å². The van der Waals surface area contributed by atoms with Crippen LogP contribution in [0.25, 0.3) is 0 Å². The van der Waals surface area contributed by atoms with Crippen molar-refractivity contribution in [1.82, 2.24) is 10.2 Å². The highest BCUT2D eigenvalue weighted by Gasteiger charge is 2.22. The Morgan fingerprint density at radius 2 is 2.08 bits per heavy atom. The summed E-state index contributed by atoms with van der Waals surface area (Å²) in [4.78, 5) is 2.25. The van der Waals surface area contributed by atoms with E-state index < -0.39 is 0 Å². The van der Waals surface area contributed by atoms with Crippen molar-refractivity contribution in [3.63, 3.8) is 0 Å². The highest BCUT2D eigenvalue weighted by molar-refractivity contribution is 4.79. The van der Waals surface area contributed by atoms with Gasteiger partial charge in [0.2, 0.25) is 0 Å². The van der Waals surface area contributed by atoms with Crippen molar-refractivity contribution in [2.45, 2.75) is 38.6 Å². The molecule has 0 heterocycles. The van der Waals surface area contributed by atoms with Gasteiger partial charge in [0, 0.05) is 6.04 Å². The largest absolute Gasteiger partial charge is 0.314 e. The van der Waals surface area contributed by atoms with Crippen LogP contribution in [0.15, 0.2) is 0 Å². The summed E-state index contributed by atoms with van der Waals surface area (Å²) in [5.74, 6) is 0.972. The van der Waals surface area contributed by atoms with Crippen LogP contribution in [0.5, 0.6) is 0 Å². The van der Waals surface area contributed by atoms with E-state index in [9.17, 15) is 0 Å². The van der Waals surface area contributed by atoms with Crippen molar-refractivity contribution in [2.75, 3.05) is 27.2 Å². The predicted molar refractivity (Wildman–Crippen MR) is 58.0 cm³/mol. The molecule has 0 aromatic heterocycles. The zero-order chi connectivity index (χ0) is 9.68. The number of nitrogens with one attached hydrogen (secondary N) is 1. The molecule has 78 valence electrons. The summed E-state index contributed by atoms with van der Waals surface area (Å²) in [7, 11) is 4.27. The van der Waals surface area contributed by atoms with E-state index in [4.69, 9.17) is 0 Å². The Balaban J connectivity index is 1.92. The van der Waals surface area contributed by atoms with Gasteiger partial charge in [0.1, 0.15) is 0 Å². The van der Waals surface area contributed by atoms with Crippen molar-refractivity contribution in [3.8, 4) is 0 Å². The molecule has 2 nitrogen and oxygen atoms in total. The molecule has 0 bridgehead atoms. The molecule has 0 aliphatic heterocycles. The van der Waals surface area contributed by atoms with Crippen LogP contribution < -0.4 is 5.32 Å². The Morgan fingerprint density at radius 3 is 2.54 bits per heavy atom. The number of nitrogens with zero attached hydrogens (tertiary/aromatic N) is 1. The predicted octanol–water partition coefficient (Wildman–Crippen LogP) is 1.72. The molecule has 1 rings (SSSR count). The van der Waals surface area contributed by atoms with E-state index in [-0.39, 0.29) is 0 Å². The lowest BCUT2D eigenvalue weighted by Crippen LogP contribution is -2.38. The molecule has 1 atom stereocenters. The summed E-state index contributed by atoms with van der Waals surface area (Å²) in [6.07, 6.45) is 5.61. The van der Waals surface area contributed by atoms with E-state index in [0.29, 0.717) is 0 Å². The summed E-state index contributed by atoms with van der Waals surface area (Å²) in [5, 5.41) is 3.61. The standard InChI is InChI=1S/C11H24N2/c1-10(11-6-4-7-11)12-8-5-9-13(2)3/h10-12H,4-9H2,1-3H3. The van der Waals surface area contributed by atoms with Crippen molar-refractivity contribution in [2.24, 2.45) is 5.92 Å². The van der Waals surface area contributed by atoms with Crippen LogP contribution >= 0.6 is 0 Å². The molecule has 1 aliphatic carbocycles. The first kappa shape index (κ1) is 11.0. The molecule has 0 amide bonds. The van der Waals surface area contributed by atoms with Crippen LogP contribution in [0.2, 0.25) is 0 Å². The maximum Gasteiger partial charge on any atom is 0.00670 e. The lowest BCUT2D eigenvalue weighted by atomic mass is 9.80. The highest BCUT2D eigenvalue weighted by atomic mass is 15.1. The van der Waals surface area contributed by atoms with E-state index in [2.05, 4.69) is 31.2 Å². The van der Waals surface area contributed by atoms with Crippen LogP contribution in [-0.2, 0) is 0 Å². The van der Waals surface area contributed by atoms with Crippen molar-refractivity contribution >= 4 is 0 Å².